The fourth-order valence-electron chi connectivity index (χ4n) is 3.13. The van der Waals surface area contributed by atoms with E-state index in [-0.39, 0.29) is 21.4 Å². The summed E-state index contributed by atoms with van der Waals surface area (Å²) in [5, 5.41) is 1.74. The van der Waals surface area contributed by atoms with Crippen LogP contribution >= 0.6 is 0 Å². The van der Waals surface area contributed by atoms with Crippen LogP contribution in [-0.2, 0) is 19.7 Å². The lowest BCUT2D eigenvalue weighted by molar-refractivity contribution is 0.0481. The summed E-state index contributed by atoms with van der Waals surface area (Å²) in [5.41, 5.74) is 0. The first kappa shape index (κ1) is 14.4. The smallest absolute Gasteiger partial charge is 0.349 e. The summed E-state index contributed by atoms with van der Waals surface area (Å²) in [5.74, 6) is 0. The van der Waals surface area contributed by atoms with Crippen LogP contribution in [-0.4, -0.2) is 30.7 Å². The highest BCUT2D eigenvalue weighted by Crippen LogP contribution is 2.54. The molecule has 0 aromatic heterocycles. The Morgan fingerprint density at radius 2 is 1.72 bits per heavy atom. The number of fused-ring (bicyclic) bond motifs is 1. The largest absolute Gasteiger partial charge is 0.392 e. The Kier molecular flexibility index (Phi) is 3.42. The first-order chi connectivity index (χ1) is 8.08. The van der Waals surface area contributed by atoms with Crippen molar-refractivity contribution in [3.8, 4) is 0 Å². The van der Waals surface area contributed by atoms with Gasteiger partial charge < -0.3 is 8.85 Å². The van der Waals surface area contributed by atoms with Gasteiger partial charge in [0.1, 0.15) is 0 Å². The van der Waals surface area contributed by atoms with Gasteiger partial charge in [-0.3, -0.25) is 4.21 Å². The van der Waals surface area contributed by atoms with Gasteiger partial charge in [0.25, 0.3) is 0 Å². The molecule has 0 aliphatic carbocycles. The minimum Gasteiger partial charge on any atom is -0.392 e. The van der Waals surface area contributed by atoms with Crippen molar-refractivity contribution in [2.75, 3.05) is 6.61 Å². The van der Waals surface area contributed by atoms with Crippen molar-refractivity contribution in [2.24, 2.45) is 0 Å². The van der Waals surface area contributed by atoms with Crippen molar-refractivity contribution in [1.29, 1.82) is 0 Å². The monoisotopic (exact) mass is 288 g/mol. The normalized spacial score (nSPS) is 35.6. The molecule has 0 aromatic rings. The second-order valence-corrected chi connectivity index (χ2v) is 13.5. The molecule has 104 valence electrons. The highest BCUT2D eigenvalue weighted by Gasteiger charge is 2.62. The van der Waals surface area contributed by atoms with Crippen LogP contribution in [0.4, 0.5) is 0 Å². The van der Waals surface area contributed by atoms with Crippen LogP contribution < -0.4 is 0 Å². The highest BCUT2D eigenvalue weighted by atomic mass is 32.2. The van der Waals surface area contributed by atoms with E-state index in [1.807, 2.05) is 6.08 Å². The summed E-state index contributed by atoms with van der Waals surface area (Å²) in [4.78, 5) is 0. The summed E-state index contributed by atoms with van der Waals surface area (Å²) in [7, 11) is -3.32. The van der Waals surface area contributed by atoms with E-state index in [9.17, 15) is 4.21 Å². The van der Waals surface area contributed by atoms with Crippen LogP contribution in [0.1, 0.15) is 41.5 Å². The van der Waals surface area contributed by atoms with E-state index in [0.717, 1.165) is 0 Å². The molecule has 0 bridgehead atoms. The van der Waals surface area contributed by atoms with Crippen molar-refractivity contribution in [3.63, 3.8) is 0 Å². The molecule has 0 spiro atoms. The minimum atomic E-state index is -2.39. The lowest BCUT2D eigenvalue weighted by Crippen LogP contribution is -2.64. The Morgan fingerprint density at radius 1 is 1.17 bits per heavy atom. The fraction of sp³-hybridized carbons (Fsp3) is 0.846. The van der Waals surface area contributed by atoms with Crippen molar-refractivity contribution >= 4 is 19.4 Å². The van der Waals surface area contributed by atoms with Crippen LogP contribution in [0, 0.1) is 0 Å². The second-order valence-electron chi connectivity index (χ2n) is 7.21. The Bertz CT molecular complexity index is 378. The van der Waals surface area contributed by atoms with Gasteiger partial charge in [-0.25, -0.2) is 0 Å². The third kappa shape index (κ3) is 2.05. The Balaban J connectivity index is 2.35. The summed E-state index contributed by atoms with van der Waals surface area (Å²) < 4.78 is 24.5. The first-order valence-corrected chi connectivity index (χ1v) is 9.57. The minimum absolute atomic E-state index is 0.00433. The number of hydrogen-bond donors (Lipinski definition) is 0. The van der Waals surface area contributed by atoms with Crippen molar-refractivity contribution in [1.82, 2.24) is 0 Å². The predicted octanol–water partition coefficient (Wildman–Crippen LogP) is 3.09. The predicted molar refractivity (Wildman–Crippen MR) is 77.1 cm³/mol. The zero-order valence-electron chi connectivity index (χ0n) is 12.1. The molecule has 2 aliphatic rings. The van der Waals surface area contributed by atoms with Gasteiger partial charge in [0.2, 0.25) is 0 Å². The van der Waals surface area contributed by atoms with Gasteiger partial charge in [0.15, 0.2) is 0 Å². The SMILES string of the molecule is CC(C)(C)[Si]1(C(C)(C)C)OC[C@@H]2[C@H](C=CS2=O)O1. The van der Waals surface area contributed by atoms with Crippen molar-refractivity contribution < 1.29 is 13.1 Å². The average molecular weight is 288 g/mol. The third-order valence-corrected chi connectivity index (χ3v) is 10.3. The zero-order chi connectivity index (χ0) is 13.8. The van der Waals surface area contributed by atoms with E-state index in [0.29, 0.717) is 6.61 Å². The van der Waals surface area contributed by atoms with Gasteiger partial charge in [0.05, 0.1) is 28.8 Å². The second kappa shape index (κ2) is 4.26. The molecule has 0 saturated carbocycles. The quantitative estimate of drug-likeness (QED) is 0.643. The maximum absolute atomic E-state index is 11.8. The molecule has 3 nitrogen and oxygen atoms in total. The molecule has 2 rings (SSSR count). The molecule has 1 unspecified atom stereocenters. The van der Waals surface area contributed by atoms with E-state index in [1.54, 1.807) is 5.41 Å². The standard InChI is InChI=1S/C13H24O3SSi/c1-12(2,3)18(13(4,5)6)15-9-11-10(16-18)7-8-17(11)14/h7-8,10-11H,9H2,1-6H3/t10-,11+,17?/m0/s1. The molecule has 18 heavy (non-hydrogen) atoms. The molecule has 0 N–H and O–H groups in total. The molecule has 2 heterocycles. The number of hydrogen-bond acceptors (Lipinski definition) is 3. The molecule has 0 radical (unpaired) electrons. The van der Waals surface area contributed by atoms with Gasteiger partial charge in [0, 0.05) is 15.5 Å². The summed E-state index contributed by atoms with van der Waals surface area (Å²) >= 11 is 0. The van der Waals surface area contributed by atoms with Gasteiger partial charge in [-0.05, 0) is 6.08 Å². The summed E-state index contributed by atoms with van der Waals surface area (Å²) in [6, 6.07) is 0. The van der Waals surface area contributed by atoms with Gasteiger partial charge >= 0.3 is 8.56 Å². The Morgan fingerprint density at radius 3 is 2.22 bits per heavy atom. The van der Waals surface area contributed by atoms with E-state index in [1.165, 1.54) is 0 Å². The lowest BCUT2D eigenvalue weighted by atomic mass is 10.2. The average Bonchev–Trinajstić information content (AvgIpc) is 2.56. The highest BCUT2D eigenvalue weighted by molar-refractivity contribution is 7.89. The first-order valence-electron chi connectivity index (χ1n) is 6.48. The molecule has 3 atom stereocenters. The maximum Gasteiger partial charge on any atom is 0.349 e. The molecular formula is C13H24O3SSi. The van der Waals surface area contributed by atoms with E-state index >= 15 is 0 Å². The van der Waals surface area contributed by atoms with Gasteiger partial charge in [-0.2, -0.15) is 0 Å². The number of rotatable bonds is 0. The van der Waals surface area contributed by atoms with E-state index in [2.05, 4.69) is 41.5 Å². The Hall–Kier alpha value is 0.0269. The van der Waals surface area contributed by atoms with Crippen molar-refractivity contribution in [2.45, 2.75) is 63.0 Å². The van der Waals surface area contributed by atoms with Gasteiger partial charge in [-0.1, -0.05) is 41.5 Å². The molecule has 1 fully saturated rings. The molecule has 2 aliphatic heterocycles. The van der Waals surface area contributed by atoms with E-state index in [4.69, 9.17) is 8.85 Å². The van der Waals surface area contributed by atoms with Crippen LogP contribution in [0.3, 0.4) is 0 Å². The van der Waals surface area contributed by atoms with Gasteiger partial charge in [-0.15, -0.1) is 0 Å². The van der Waals surface area contributed by atoms with E-state index < -0.39 is 19.4 Å². The topological polar surface area (TPSA) is 35.5 Å². The lowest BCUT2D eigenvalue weighted by Gasteiger charge is -2.53. The zero-order valence-corrected chi connectivity index (χ0v) is 14.0. The molecule has 5 heteroatoms. The Labute approximate surface area is 114 Å². The molecule has 0 amide bonds. The van der Waals surface area contributed by atoms with Crippen LogP contribution in [0.25, 0.3) is 0 Å². The fourth-order valence-corrected chi connectivity index (χ4v) is 9.40. The van der Waals surface area contributed by atoms with Crippen LogP contribution in [0.15, 0.2) is 11.5 Å². The molecule has 1 saturated heterocycles. The molecule has 0 aromatic carbocycles. The summed E-state index contributed by atoms with van der Waals surface area (Å²) in [6.45, 7) is 13.7. The third-order valence-electron chi connectivity index (χ3n) is 3.79. The summed E-state index contributed by atoms with van der Waals surface area (Å²) in [6.07, 6.45) is 1.94. The molecular weight excluding hydrogens is 264 g/mol. The maximum atomic E-state index is 11.8. The van der Waals surface area contributed by atoms with Crippen molar-refractivity contribution in [3.05, 3.63) is 11.5 Å². The van der Waals surface area contributed by atoms with Crippen LogP contribution in [0.2, 0.25) is 10.1 Å². The van der Waals surface area contributed by atoms with Crippen LogP contribution in [0.5, 0.6) is 0 Å².